The molecule has 0 aliphatic carbocycles. The van der Waals surface area contributed by atoms with Crippen molar-refractivity contribution >= 4 is 23.5 Å². The van der Waals surface area contributed by atoms with Crippen LogP contribution in [0.4, 0.5) is 14.6 Å². The topological polar surface area (TPSA) is 46.9 Å². The summed E-state index contributed by atoms with van der Waals surface area (Å²) >= 11 is 1.43. The van der Waals surface area contributed by atoms with Crippen LogP contribution in [0.1, 0.15) is 22.1 Å². The molecular weight excluding hydrogens is 356 g/mol. The van der Waals surface area contributed by atoms with Crippen LogP contribution < -0.4 is 5.32 Å². The maximum Gasteiger partial charge on any atom is 0.235 e. The molecule has 1 amide bonds. The van der Waals surface area contributed by atoms with Crippen molar-refractivity contribution < 1.29 is 13.6 Å². The third-order valence-corrected chi connectivity index (χ3v) is 5.50. The van der Waals surface area contributed by atoms with Crippen molar-refractivity contribution in [2.24, 2.45) is 0 Å². The van der Waals surface area contributed by atoms with Crippen LogP contribution in [-0.4, -0.2) is 21.4 Å². The van der Waals surface area contributed by atoms with E-state index in [4.69, 9.17) is 0 Å². The van der Waals surface area contributed by atoms with Crippen LogP contribution in [0.2, 0.25) is 0 Å². The first-order valence-corrected chi connectivity index (χ1v) is 9.10. The monoisotopic (exact) mass is 371 g/mol. The molecule has 0 bridgehead atoms. The highest BCUT2D eigenvalue weighted by Crippen LogP contribution is 2.43. The molecule has 1 aliphatic rings. The van der Waals surface area contributed by atoms with Gasteiger partial charge in [-0.05, 0) is 48.9 Å². The van der Waals surface area contributed by atoms with E-state index >= 15 is 0 Å². The molecule has 0 unspecified atom stereocenters. The molecule has 2 heterocycles. The number of amides is 1. The Morgan fingerprint density at radius 3 is 2.65 bits per heavy atom. The fourth-order valence-electron chi connectivity index (χ4n) is 3.09. The van der Waals surface area contributed by atoms with Crippen LogP contribution in [0.5, 0.6) is 0 Å². The van der Waals surface area contributed by atoms with Crippen LogP contribution in [0.25, 0.3) is 5.69 Å². The molecule has 4 nitrogen and oxygen atoms in total. The molecule has 1 atom stereocenters. The van der Waals surface area contributed by atoms with E-state index in [0.29, 0.717) is 11.5 Å². The Bertz CT molecular complexity index is 985. The zero-order chi connectivity index (χ0) is 18.3. The van der Waals surface area contributed by atoms with Crippen molar-refractivity contribution in [1.29, 1.82) is 0 Å². The number of rotatable bonds is 2. The average Bonchev–Trinajstić information content (AvgIpc) is 2.82. The molecular formula is C19H15F2N3OS. The van der Waals surface area contributed by atoms with Gasteiger partial charge in [0.25, 0.3) is 0 Å². The van der Waals surface area contributed by atoms with E-state index in [2.05, 4.69) is 10.4 Å². The number of thioether (sulfide) groups is 1. The summed E-state index contributed by atoms with van der Waals surface area (Å²) in [5.74, 6) is -0.0341. The summed E-state index contributed by atoms with van der Waals surface area (Å²) in [4.78, 5) is 12.2. The van der Waals surface area contributed by atoms with Gasteiger partial charge in [-0.2, -0.15) is 5.10 Å². The second kappa shape index (κ2) is 6.57. The third-order valence-electron chi connectivity index (χ3n) is 4.23. The Morgan fingerprint density at radius 1 is 1.15 bits per heavy atom. The number of carbonyl (C=O) groups is 1. The zero-order valence-corrected chi connectivity index (χ0v) is 14.7. The molecule has 132 valence electrons. The van der Waals surface area contributed by atoms with E-state index in [-0.39, 0.29) is 28.5 Å². The second-order valence-corrected chi connectivity index (χ2v) is 7.12. The van der Waals surface area contributed by atoms with Crippen LogP contribution >= 0.6 is 11.8 Å². The van der Waals surface area contributed by atoms with Gasteiger partial charge in [0.2, 0.25) is 5.91 Å². The van der Waals surface area contributed by atoms with E-state index in [9.17, 15) is 13.6 Å². The number of carbonyl (C=O) groups excluding carboxylic acids is 1. The molecule has 7 heteroatoms. The molecule has 4 rings (SSSR count). The average molecular weight is 371 g/mol. The molecule has 0 spiro atoms. The number of anilines is 1. The lowest BCUT2D eigenvalue weighted by molar-refractivity contribution is -0.113. The van der Waals surface area contributed by atoms with Crippen LogP contribution in [0, 0.1) is 18.6 Å². The summed E-state index contributed by atoms with van der Waals surface area (Å²) in [5, 5.41) is 7.20. The molecule has 0 saturated carbocycles. The summed E-state index contributed by atoms with van der Waals surface area (Å²) in [6, 6.07) is 12.3. The van der Waals surface area contributed by atoms with Crippen molar-refractivity contribution in [1.82, 2.24) is 9.78 Å². The highest BCUT2D eigenvalue weighted by Gasteiger charge is 2.30. The first-order valence-electron chi connectivity index (χ1n) is 8.05. The SMILES string of the molecule is Cc1nn(-c2ccc(F)cc2)c2c1[C@H](c1cccc(F)c1)SCC(=O)N2. The molecule has 3 aromatic rings. The van der Waals surface area contributed by atoms with E-state index < -0.39 is 0 Å². The summed E-state index contributed by atoms with van der Waals surface area (Å²) in [5.41, 5.74) is 2.97. The number of benzene rings is 2. The number of hydrogen-bond acceptors (Lipinski definition) is 3. The third kappa shape index (κ3) is 2.99. The molecule has 1 aromatic heterocycles. The highest BCUT2D eigenvalue weighted by molar-refractivity contribution is 8.00. The van der Waals surface area contributed by atoms with Gasteiger partial charge in [-0.1, -0.05) is 12.1 Å². The van der Waals surface area contributed by atoms with Crippen molar-refractivity contribution in [3.8, 4) is 5.69 Å². The van der Waals surface area contributed by atoms with Crippen molar-refractivity contribution in [3.05, 3.63) is 77.0 Å². The molecule has 0 radical (unpaired) electrons. The van der Waals surface area contributed by atoms with Gasteiger partial charge in [-0.25, -0.2) is 13.5 Å². The Hall–Kier alpha value is -2.67. The van der Waals surface area contributed by atoms with Gasteiger partial charge in [0.05, 0.1) is 22.4 Å². The smallest absolute Gasteiger partial charge is 0.235 e. The number of aryl methyl sites for hydroxylation is 1. The minimum Gasteiger partial charge on any atom is -0.310 e. The zero-order valence-electron chi connectivity index (χ0n) is 13.9. The molecule has 1 aliphatic heterocycles. The molecule has 2 aromatic carbocycles. The van der Waals surface area contributed by atoms with Gasteiger partial charge < -0.3 is 5.32 Å². The largest absolute Gasteiger partial charge is 0.310 e. The summed E-state index contributed by atoms with van der Waals surface area (Å²) < 4.78 is 28.6. The number of aromatic nitrogens is 2. The Morgan fingerprint density at radius 2 is 1.92 bits per heavy atom. The number of fused-ring (bicyclic) bond motifs is 1. The minimum atomic E-state index is -0.346. The first kappa shape index (κ1) is 16.8. The van der Waals surface area contributed by atoms with Crippen molar-refractivity contribution in [2.45, 2.75) is 12.2 Å². The summed E-state index contributed by atoms with van der Waals surface area (Å²) in [7, 11) is 0. The van der Waals surface area contributed by atoms with Crippen molar-refractivity contribution in [2.75, 3.05) is 11.1 Å². The molecule has 26 heavy (non-hydrogen) atoms. The summed E-state index contributed by atoms with van der Waals surface area (Å²) in [6.45, 7) is 1.85. The van der Waals surface area contributed by atoms with Gasteiger partial charge in [0.15, 0.2) is 0 Å². The predicted octanol–water partition coefficient (Wildman–Crippen LogP) is 4.23. The molecule has 1 N–H and O–H groups in total. The van der Waals surface area contributed by atoms with Gasteiger partial charge >= 0.3 is 0 Å². The normalized spacial score (nSPS) is 16.7. The van der Waals surface area contributed by atoms with Crippen LogP contribution in [0.3, 0.4) is 0 Å². The lowest BCUT2D eigenvalue weighted by Gasteiger charge is -2.15. The Kier molecular flexibility index (Phi) is 4.24. The second-order valence-electron chi connectivity index (χ2n) is 6.03. The number of hydrogen-bond donors (Lipinski definition) is 1. The van der Waals surface area contributed by atoms with E-state index in [1.54, 1.807) is 22.9 Å². The molecule has 0 saturated heterocycles. The maximum absolute atomic E-state index is 13.7. The number of halogens is 2. The number of nitrogens with zero attached hydrogens (tertiary/aromatic N) is 2. The number of nitrogens with one attached hydrogen (secondary N) is 1. The quantitative estimate of drug-likeness (QED) is 0.733. The van der Waals surface area contributed by atoms with E-state index in [1.807, 2.05) is 13.0 Å². The fraction of sp³-hybridized carbons (Fsp3) is 0.158. The van der Waals surface area contributed by atoms with E-state index in [0.717, 1.165) is 16.8 Å². The van der Waals surface area contributed by atoms with Gasteiger partial charge in [0, 0.05) is 5.56 Å². The highest BCUT2D eigenvalue weighted by atomic mass is 32.2. The fourth-order valence-corrected chi connectivity index (χ4v) is 4.26. The van der Waals surface area contributed by atoms with Crippen LogP contribution in [0.15, 0.2) is 48.5 Å². The van der Waals surface area contributed by atoms with Gasteiger partial charge in [-0.15, -0.1) is 11.8 Å². The Balaban J connectivity index is 1.89. The summed E-state index contributed by atoms with van der Waals surface area (Å²) in [6.07, 6.45) is 0. The van der Waals surface area contributed by atoms with Gasteiger partial charge in [-0.3, -0.25) is 4.79 Å². The predicted molar refractivity (Wildman–Crippen MR) is 97.6 cm³/mol. The molecule has 0 fully saturated rings. The minimum absolute atomic E-state index is 0.154. The van der Waals surface area contributed by atoms with Crippen LogP contribution in [-0.2, 0) is 4.79 Å². The standard InChI is InChI=1S/C19H15F2N3OS/c1-11-17-18(12-3-2-4-14(21)9-12)26-10-16(25)22-19(17)24(23-11)15-7-5-13(20)6-8-15/h2-9,18H,10H2,1H3,(H,22,25)/t18-/m0/s1. The Labute approximate surface area is 153 Å². The maximum atomic E-state index is 13.7. The lowest BCUT2D eigenvalue weighted by atomic mass is 10.0. The van der Waals surface area contributed by atoms with Gasteiger partial charge in [0.1, 0.15) is 17.5 Å². The first-order chi connectivity index (χ1) is 12.5. The van der Waals surface area contributed by atoms with E-state index in [1.165, 1.54) is 36.0 Å². The van der Waals surface area contributed by atoms with Crippen molar-refractivity contribution in [3.63, 3.8) is 0 Å². The lowest BCUT2D eigenvalue weighted by Crippen LogP contribution is -2.15.